The molecule has 2 unspecified atom stereocenters. The molecule has 2 atom stereocenters. The van der Waals surface area contributed by atoms with Crippen LogP contribution in [0, 0.1) is 5.92 Å². The summed E-state index contributed by atoms with van der Waals surface area (Å²) in [6.07, 6.45) is 4.89. The molecule has 0 spiro atoms. The van der Waals surface area contributed by atoms with Crippen molar-refractivity contribution < 1.29 is 13.2 Å². The van der Waals surface area contributed by atoms with E-state index in [2.05, 4.69) is 12.2 Å². The fraction of sp³-hybridized carbons (Fsp3) is 0.923. The summed E-state index contributed by atoms with van der Waals surface area (Å²) in [6.45, 7) is 5.98. The Kier molecular flexibility index (Phi) is 3.93. The van der Waals surface area contributed by atoms with Gasteiger partial charge in [-0.15, -0.1) is 0 Å². The van der Waals surface area contributed by atoms with Crippen LogP contribution in [0.25, 0.3) is 0 Å². The van der Waals surface area contributed by atoms with Gasteiger partial charge in [0, 0.05) is 19.1 Å². The zero-order chi connectivity index (χ0) is 14.3. The summed E-state index contributed by atoms with van der Waals surface area (Å²) in [5, 5.41) is 3.40. The Bertz CT molecular complexity index is 459. The largest absolute Gasteiger partial charge is 0.312 e. The standard InChI is InChI=1S/C13H24N2O3S/c1-10-6-4-5-7-11(10)14-8-9-15-12(16)13(2,3)19(15,17)18/h10-11,14H,4-9H2,1-3H3. The summed E-state index contributed by atoms with van der Waals surface area (Å²) in [4.78, 5) is 11.8. The van der Waals surface area contributed by atoms with Gasteiger partial charge < -0.3 is 5.32 Å². The van der Waals surface area contributed by atoms with Gasteiger partial charge in [-0.2, -0.15) is 0 Å². The number of hydrogen-bond acceptors (Lipinski definition) is 4. The first kappa shape index (κ1) is 14.8. The fourth-order valence-corrected chi connectivity index (χ4v) is 4.48. The van der Waals surface area contributed by atoms with Crippen LogP contribution in [0.2, 0.25) is 0 Å². The molecule has 6 heteroatoms. The highest BCUT2D eigenvalue weighted by molar-refractivity contribution is 7.94. The predicted molar refractivity (Wildman–Crippen MR) is 74.1 cm³/mol. The lowest BCUT2D eigenvalue weighted by Gasteiger charge is -2.43. The number of hydrogen-bond donors (Lipinski definition) is 1. The van der Waals surface area contributed by atoms with Crippen LogP contribution in [-0.4, -0.2) is 42.5 Å². The summed E-state index contributed by atoms with van der Waals surface area (Å²) in [5.41, 5.74) is 0. The predicted octanol–water partition coefficient (Wildman–Crippen LogP) is 1.11. The summed E-state index contributed by atoms with van der Waals surface area (Å²) in [5.74, 6) is 0.347. The van der Waals surface area contributed by atoms with Gasteiger partial charge in [-0.1, -0.05) is 19.8 Å². The Labute approximate surface area is 115 Å². The topological polar surface area (TPSA) is 66.5 Å². The molecule has 0 aromatic heterocycles. The minimum atomic E-state index is -3.42. The van der Waals surface area contributed by atoms with Gasteiger partial charge in [0.1, 0.15) is 0 Å². The van der Waals surface area contributed by atoms with E-state index in [0.29, 0.717) is 18.5 Å². The molecule has 1 saturated heterocycles. The van der Waals surface area contributed by atoms with Crippen molar-refractivity contribution in [3.63, 3.8) is 0 Å². The highest BCUT2D eigenvalue weighted by Crippen LogP contribution is 2.34. The number of amides is 1. The third kappa shape index (κ3) is 2.40. The highest BCUT2D eigenvalue weighted by Gasteiger charge is 2.59. The van der Waals surface area contributed by atoms with Gasteiger partial charge in [0.05, 0.1) is 0 Å². The Morgan fingerprint density at radius 3 is 2.53 bits per heavy atom. The second-order valence-electron chi connectivity index (χ2n) is 6.21. The first-order chi connectivity index (χ1) is 8.78. The number of nitrogens with zero attached hydrogens (tertiary/aromatic N) is 1. The van der Waals surface area contributed by atoms with E-state index in [1.807, 2.05) is 0 Å². The quantitative estimate of drug-likeness (QED) is 0.841. The van der Waals surface area contributed by atoms with E-state index in [1.165, 1.54) is 33.1 Å². The van der Waals surface area contributed by atoms with E-state index in [4.69, 9.17) is 0 Å². The van der Waals surface area contributed by atoms with E-state index in [9.17, 15) is 13.2 Å². The lowest BCUT2D eigenvalue weighted by Crippen LogP contribution is -2.68. The molecule has 1 N–H and O–H groups in total. The molecule has 1 aliphatic carbocycles. The molecule has 0 aromatic carbocycles. The SMILES string of the molecule is CC1CCCCC1NCCN1C(=O)C(C)(C)S1(=O)=O. The van der Waals surface area contributed by atoms with Crippen molar-refractivity contribution in [3.8, 4) is 0 Å². The Balaban J connectivity index is 1.83. The molecular formula is C13H24N2O3S. The molecule has 1 heterocycles. The lowest BCUT2D eigenvalue weighted by atomic mass is 9.86. The molecule has 2 aliphatic rings. The van der Waals surface area contributed by atoms with Crippen LogP contribution in [-0.2, 0) is 14.8 Å². The van der Waals surface area contributed by atoms with Gasteiger partial charge in [0.25, 0.3) is 15.9 Å². The smallest absolute Gasteiger partial charge is 0.258 e. The molecule has 2 rings (SSSR count). The molecule has 5 nitrogen and oxygen atoms in total. The van der Waals surface area contributed by atoms with E-state index >= 15 is 0 Å². The minimum Gasteiger partial charge on any atom is -0.312 e. The van der Waals surface area contributed by atoms with Crippen molar-refractivity contribution in [2.75, 3.05) is 13.1 Å². The van der Waals surface area contributed by atoms with Crippen molar-refractivity contribution in [2.45, 2.75) is 57.2 Å². The van der Waals surface area contributed by atoms with E-state index in [-0.39, 0.29) is 12.5 Å². The van der Waals surface area contributed by atoms with Crippen LogP contribution in [0.4, 0.5) is 0 Å². The zero-order valence-corrected chi connectivity index (χ0v) is 12.8. The Morgan fingerprint density at radius 1 is 1.32 bits per heavy atom. The first-order valence-corrected chi connectivity index (χ1v) is 8.52. The van der Waals surface area contributed by atoms with Crippen LogP contribution in [0.15, 0.2) is 0 Å². The van der Waals surface area contributed by atoms with Gasteiger partial charge >= 0.3 is 0 Å². The van der Waals surface area contributed by atoms with Crippen molar-refractivity contribution in [1.82, 2.24) is 9.62 Å². The van der Waals surface area contributed by atoms with Gasteiger partial charge in [0.2, 0.25) is 0 Å². The normalized spacial score (nSPS) is 33.0. The number of nitrogens with one attached hydrogen (secondary N) is 1. The molecule has 1 aliphatic heterocycles. The van der Waals surface area contributed by atoms with Gasteiger partial charge in [-0.25, -0.2) is 12.7 Å². The molecule has 0 aromatic rings. The summed E-state index contributed by atoms with van der Waals surface area (Å²) in [7, 11) is -3.42. The zero-order valence-electron chi connectivity index (χ0n) is 12.0. The van der Waals surface area contributed by atoms with Gasteiger partial charge in [-0.3, -0.25) is 4.79 Å². The van der Waals surface area contributed by atoms with Crippen LogP contribution in [0.5, 0.6) is 0 Å². The van der Waals surface area contributed by atoms with Crippen molar-refractivity contribution >= 4 is 15.9 Å². The van der Waals surface area contributed by atoms with Gasteiger partial charge in [-0.05, 0) is 32.6 Å². The summed E-state index contributed by atoms with van der Waals surface area (Å²) < 4.78 is 23.6. The maximum absolute atomic E-state index is 11.9. The monoisotopic (exact) mass is 288 g/mol. The summed E-state index contributed by atoms with van der Waals surface area (Å²) >= 11 is 0. The molecule has 0 bridgehead atoms. The fourth-order valence-electron chi connectivity index (χ4n) is 2.95. The molecule has 0 radical (unpaired) electrons. The van der Waals surface area contributed by atoms with Gasteiger partial charge in [0.15, 0.2) is 4.75 Å². The van der Waals surface area contributed by atoms with Crippen molar-refractivity contribution in [1.29, 1.82) is 0 Å². The molecule has 1 amide bonds. The highest BCUT2D eigenvalue weighted by atomic mass is 32.2. The van der Waals surface area contributed by atoms with E-state index < -0.39 is 14.8 Å². The number of carbonyl (C=O) groups excluding carboxylic acids is 1. The average molecular weight is 288 g/mol. The Morgan fingerprint density at radius 2 is 1.95 bits per heavy atom. The molecule has 110 valence electrons. The third-order valence-corrected chi connectivity index (χ3v) is 6.90. The molecule has 2 fully saturated rings. The second kappa shape index (κ2) is 5.05. The molecule has 19 heavy (non-hydrogen) atoms. The van der Waals surface area contributed by atoms with E-state index in [0.717, 1.165) is 10.7 Å². The van der Waals surface area contributed by atoms with Crippen LogP contribution >= 0.6 is 0 Å². The van der Waals surface area contributed by atoms with Crippen LogP contribution < -0.4 is 5.32 Å². The summed E-state index contributed by atoms with van der Waals surface area (Å²) in [6, 6.07) is 0.459. The maximum atomic E-state index is 11.9. The first-order valence-electron chi connectivity index (χ1n) is 7.08. The van der Waals surface area contributed by atoms with Crippen LogP contribution in [0.1, 0.15) is 46.5 Å². The number of carbonyl (C=O) groups is 1. The minimum absolute atomic E-state index is 0.258. The van der Waals surface area contributed by atoms with E-state index in [1.54, 1.807) is 0 Å². The number of rotatable bonds is 4. The third-order valence-electron chi connectivity index (χ3n) is 4.51. The number of sulfonamides is 1. The second-order valence-corrected chi connectivity index (χ2v) is 8.63. The van der Waals surface area contributed by atoms with Crippen molar-refractivity contribution in [3.05, 3.63) is 0 Å². The average Bonchev–Trinajstić information content (AvgIpc) is 2.35. The van der Waals surface area contributed by atoms with Crippen LogP contribution in [0.3, 0.4) is 0 Å². The molecule has 1 saturated carbocycles. The maximum Gasteiger partial charge on any atom is 0.258 e. The van der Waals surface area contributed by atoms with Crippen molar-refractivity contribution in [2.24, 2.45) is 5.92 Å². The lowest BCUT2D eigenvalue weighted by molar-refractivity contribution is -0.132. The molecular weight excluding hydrogens is 264 g/mol. The Hall–Kier alpha value is -0.620.